The summed E-state index contributed by atoms with van der Waals surface area (Å²) in [5.74, 6) is 0.252. The fourth-order valence-electron chi connectivity index (χ4n) is 2.94. The summed E-state index contributed by atoms with van der Waals surface area (Å²) in [5, 5.41) is 0. The lowest BCUT2D eigenvalue weighted by Gasteiger charge is -2.17. The molecule has 0 atom stereocenters. The van der Waals surface area contributed by atoms with Gasteiger partial charge in [-0.05, 0) is 17.7 Å². The maximum absolute atomic E-state index is 13.1. The van der Waals surface area contributed by atoms with Gasteiger partial charge in [0, 0.05) is 30.6 Å². The number of aromatic nitrogens is 2. The molecule has 6 nitrogen and oxygen atoms in total. The Morgan fingerprint density at radius 2 is 1.71 bits per heavy atom. The van der Waals surface area contributed by atoms with Gasteiger partial charge in [0.1, 0.15) is 17.2 Å². The van der Waals surface area contributed by atoms with Crippen LogP contribution in [0.4, 0.5) is 0 Å². The van der Waals surface area contributed by atoms with E-state index < -0.39 is 5.91 Å². The van der Waals surface area contributed by atoms with Crippen LogP contribution in [-0.4, -0.2) is 33.7 Å². The Morgan fingerprint density at radius 1 is 1.07 bits per heavy atom. The molecule has 2 amide bonds. The van der Waals surface area contributed by atoms with Crippen LogP contribution >= 0.6 is 0 Å². The van der Waals surface area contributed by atoms with E-state index in [1.54, 1.807) is 36.2 Å². The predicted octanol–water partition coefficient (Wildman–Crippen LogP) is 3.57. The number of carbonyl (C=O) groups is 2. The van der Waals surface area contributed by atoms with Gasteiger partial charge in [-0.25, -0.2) is 4.98 Å². The first kappa shape index (κ1) is 19.4. The van der Waals surface area contributed by atoms with E-state index in [4.69, 9.17) is 5.73 Å². The van der Waals surface area contributed by atoms with E-state index in [2.05, 4.69) is 9.97 Å². The number of nitrogens with one attached hydrogen (secondary N) is 1. The Kier molecular flexibility index (Phi) is 5.59. The van der Waals surface area contributed by atoms with Crippen LogP contribution in [0.3, 0.4) is 0 Å². The highest BCUT2D eigenvalue weighted by molar-refractivity contribution is 5.98. The van der Waals surface area contributed by atoms with Crippen LogP contribution in [0.1, 0.15) is 52.0 Å². The summed E-state index contributed by atoms with van der Waals surface area (Å²) in [7, 11) is 1.77. The lowest BCUT2D eigenvalue weighted by molar-refractivity contribution is 0.0780. The molecule has 0 aliphatic carbocycles. The number of hydrogen-bond acceptors (Lipinski definition) is 3. The fraction of sp³-hybridized carbons (Fsp3) is 0.227. The number of nitrogens with two attached hydrogens (primary N) is 1. The number of rotatable bonds is 6. The van der Waals surface area contributed by atoms with Gasteiger partial charge in [-0.1, -0.05) is 56.3 Å². The molecule has 1 heterocycles. The Hall–Kier alpha value is -3.41. The summed E-state index contributed by atoms with van der Waals surface area (Å²) in [6.45, 7) is 4.53. The summed E-state index contributed by atoms with van der Waals surface area (Å²) < 4.78 is 0. The smallest absolute Gasteiger partial charge is 0.272 e. The van der Waals surface area contributed by atoms with Gasteiger partial charge in [0.25, 0.3) is 5.91 Å². The summed E-state index contributed by atoms with van der Waals surface area (Å²) in [6.07, 6.45) is 0. The third-order valence-electron chi connectivity index (χ3n) is 4.53. The Balaban J connectivity index is 1.95. The quantitative estimate of drug-likeness (QED) is 0.689. The SMILES string of the molecule is CC(C)c1nc(-c2ccc(C(N)=O)cc2)c(C(=O)N(C)Cc2ccccc2)[nH]1. The normalized spacial score (nSPS) is 10.9. The largest absolute Gasteiger partial charge is 0.366 e. The summed E-state index contributed by atoms with van der Waals surface area (Å²) in [5.41, 5.74) is 8.55. The van der Waals surface area contributed by atoms with Crippen molar-refractivity contribution in [2.45, 2.75) is 26.3 Å². The molecule has 3 aromatic rings. The van der Waals surface area contributed by atoms with Crippen molar-refractivity contribution in [1.82, 2.24) is 14.9 Å². The maximum atomic E-state index is 13.1. The minimum Gasteiger partial charge on any atom is -0.366 e. The van der Waals surface area contributed by atoms with Gasteiger partial charge in [0.05, 0.1) is 0 Å². The second-order valence-corrected chi connectivity index (χ2v) is 7.09. The van der Waals surface area contributed by atoms with E-state index >= 15 is 0 Å². The van der Waals surface area contributed by atoms with Gasteiger partial charge in [-0.15, -0.1) is 0 Å². The topological polar surface area (TPSA) is 92.1 Å². The molecule has 0 saturated carbocycles. The van der Waals surface area contributed by atoms with E-state index in [-0.39, 0.29) is 11.8 Å². The molecule has 0 aliphatic rings. The number of primary amides is 1. The van der Waals surface area contributed by atoms with Crippen LogP contribution in [-0.2, 0) is 6.54 Å². The molecule has 144 valence electrons. The fourth-order valence-corrected chi connectivity index (χ4v) is 2.94. The molecule has 0 bridgehead atoms. The summed E-state index contributed by atoms with van der Waals surface area (Å²) in [6, 6.07) is 16.6. The van der Waals surface area contributed by atoms with Crippen molar-refractivity contribution in [3.63, 3.8) is 0 Å². The number of carbonyl (C=O) groups excluding carboxylic acids is 2. The summed E-state index contributed by atoms with van der Waals surface area (Å²) in [4.78, 5) is 34.0. The first-order valence-corrected chi connectivity index (χ1v) is 9.16. The zero-order valence-corrected chi connectivity index (χ0v) is 16.3. The molecule has 2 aromatic carbocycles. The molecule has 0 saturated heterocycles. The van der Waals surface area contributed by atoms with E-state index in [9.17, 15) is 9.59 Å². The highest BCUT2D eigenvalue weighted by atomic mass is 16.2. The van der Waals surface area contributed by atoms with Crippen LogP contribution in [0.25, 0.3) is 11.3 Å². The van der Waals surface area contributed by atoms with Gasteiger partial charge in [-0.3, -0.25) is 9.59 Å². The van der Waals surface area contributed by atoms with Crippen LogP contribution in [0.5, 0.6) is 0 Å². The van der Waals surface area contributed by atoms with Gasteiger partial charge in [0.15, 0.2) is 0 Å². The average molecular weight is 376 g/mol. The molecule has 3 rings (SSSR count). The second kappa shape index (κ2) is 8.08. The number of H-pyrrole nitrogens is 1. The van der Waals surface area contributed by atoms with Crippen LogP contribution in [0, 0.1) is 0 Å². The number of benzene rings is 2. The molecule has 28 heavy (non-hydrogen) atoms. The van der Waals surface area contributed by atoms with Crippen molar-refractivity contribution in [2.24, 2.45) is 5.73 Å². The van der Waals surface area contributed by atoms with Crippen molar-refractivity contribution in [3.05, 3.63) is 77.2 Å². The zero-order valence-electron chi connectivity index (χ0n) is 16.3. The van der Waals surface area contributed by atoms with Crippen molar-refractivity contribution in [3.8, 4) is 11.3 Å². The van der Waals surface area contributed by atoms with Crippen molar-refractivity contribution >= 4 is 11.8 Å². The molecule has 0 radical (unpaired) electrons. The Labute approximate surface area is 164 Å². The van der Waals surface area contributed by atoms with Crippen molar-refractivity contribution in [1.29, 1.82) is 0 Å². The number of aromatic amines is 1. The number of hydrogen-bond donors (Lipinski definition) is 2. The van der Waals surface area contributed by atoms with E-state index in [0.717, 1.165) is 17.0 Å². The molecular formula is C22H24N4O2. The van der Waals surface area contributed by atoms with Gasteiger partial charge < -0.3 is 15.6 Å². The first-order chi connectivity index (χ1) is 13.4. The predicted molar refractivity (Wildman–Crippen MR) is 109 cm³/mol. The van der Waals surface area contributed by atoms with Crippen LogP contribution in [0.15, 0.2) is 54.6 Å². The van der Waals surface area contributed by atoms with Crippen molar-refractivity contribution in [2.75, 3.05) is 7.05 Å². The first-order valence-electron chi connectivity index (χ1n) is 9.16. The second-order valence-electron chi connectivity index (χ2n) is 7.09. The number of imidazole rings is 1. The molecule has 0 fully saturated rings. The highest BCUT2D eigenvalue weighted by Gasteiger charge is 2.23. The minimum atomic E-state index is -0.490. The lowest BCUT2D eigenvalue weighted by Crippen LogP contribution is -2.27. The van der Waals surface area contributed by atoms with E-state index in [1.807, 2.05) is 44.2 Å². The summed E-state index contributed by atoms with van der Waals surface area (Å²) >= 11 is 0. The molecule has 0 aliphatic heterocycles. The average Bonchev–Trinajstić information content (AvgIpc) is 3.14. The Morgan fingerprint density at radius 3 is 2.29 bits per heavy atom. The molecule has 1 aromatic heterocycles. The number of nitrogens with zero attached hydrogens (tertiary/aromatic N) is 2. The lowest BCUT2D eigenvalue weighted by atomic mass is 10.1. The van der Waals surface area contributed by atoms with Crippen LogP contribution < -0.4 is 5.73 Å². The van der Waals surface area contributed by atoms with Crippen LogP contribution in [0.2, 0.25) is 0 Å². The van der Waals surface area contributed by atoms with E-state index in [1.165, 1.54) is 0 Å². The molecule has 0 spiro atoms. The van der Waals surface area contributed by atoms with Gasteiger partial charge in [-0.2, -0.15) is 0 Å². The Bertz CT molecular complexity index is 976. The number of amides is 2. The third-order valence-corrected chi connectivity index (χ3v) is 4.53. The monoisotopic (exact) mass is 376 g/mol. The standard InChI is InChI=1S/C22H24N4O2/c1-14(2)21-24-18(16-9-11-17(12-10-16)20(23)27)19(25-21)22(28)26(3)13-15-7-5-4-6-8-15/h4-12,14H,13H2,1-3H3,(H2,23,27)(H,24,25). The van der Waals surface area contributed by atoms with Gasteiger partial charge >= 0.3 is 0 Å². The molecular weight excluding hydrogens is 352 g/mol. The molecule has 3 N–H and O–H groups in total. The molecule has 6 heteroatoms. The third kappa shape index (κ3) is 4.11. The highest BCUT2D eigenvalue weighted by Crippen LogP contribution is 2.26. The van der Waals surface area contributed by atoms with Gasteiger partial charge in [0.2, 0.25) is 5.91 Å². The van der Waals surface area contributed by atoms with E-state index in [0.29, 0.717) is 23.5 Å². The van der Waals surface area contributed by atoms with Crippen molar-refractivity contribution < 1.29 is 9.59 Å². The maximum Gasteiger partial charge on any atom is 0.272 e. The zero-order chi connectivity index (χ0) is 20.3. The minimum absolute atomic E-state index is 0.141. The molecule has 0 unspecified atom stereocenters.